The van der Waals surface area contributed by atoms with Crippen LogP contribution in [0.15, 0.2) is 23.1 Å². The van der Waals surface area contributed by atoms with Crippen molar-refractivity contribution in [2.45, 2.75) is 55.5 Å². The number of nitrogens with zero attached hydrogens (tertiary/aromatic N) is 2. The predicted octanol–water partition coefficient (Wildman–Crippen LogP) is 1.35. The summed E-state index contributed by atoms with van der Waals surface area (Å²) in [5, 5.41) is 0. The monoisotopic (exact) mass is 546 g/mol. The lowest BCUT2D eigenvalue weighted by Gasteiger charge is -2.38. The van der Waals surface area contributed by atoms with Gasteiger partial charge in [-0.15, -0.1) is 0 Å². The van der Waals surface area contributed by atoms with E-state index in [1.807, 2.05) is 0 Å². The van der Waals surface area contributed by atoms with Gasteiger partial charge in [-0.3, -0.25) is 4.79 Å². The van der Waals surface area contributed by atoms with Gasteiger partial charge in [0.05, 0.1) is 35.2 Å². The first-order valence-corrected chi connectivity index (χ1v) is 15.4. The van der Waals surface area contributed by atoms with E-state index >= 15 is 0 Å². The van der Waals surface area contributed by atoms with Crippen molar-refractivity contribution in [1.82, 2.24) is 9.21 Å². The number of hydrogen-bond acceptors (Lipinski definition) is 8. The van der Waals surface area contributed by atoms with Gasteiger partial charge in [-0.25, -0.2) is 26.0 Å². The van der Waals surface area contributed by atoms with Crippen LogP contribution in [0.2, 0.25) is 0 Å². The fourth-order valence-corrected chi connectivity index (χ4v) is 8.24. The molecule has 4 rings (SSSR count). The van der Waals surface area contributed by atoms with Crippen molar-refractivity contribution < 1.29 is 40.3 Å². The number of esters is 1. The van der Waals surface area contributed by atoms with Gasteiger partial charge in [0.2, 0.25) is 10.0 Å². The molecule has 36 heavy (non-hydrogen) atoms. The second-order valence-corrected chi connectivity index (χ2v) is 13.6. The van der Waals surface area contributed by atoms with E-state index in [1.54, 1.807) is 4.90 Å². The van der Waals surface area contributed by atoms with Crippen molar-refractivity contribution in [2.75, 3.05) is 44.4 Å². The van der Waals surface area contributed by atoms with Gasteiger partial charge in [0.15, 0.2) is 16.4 Å². The number of amides is 1. The van der Waals surface area contributed by atoms with Crippen LogP contribution in [-0.4, -0.2) is 94.4 Å². The summed E-state index contributed by atoms with van der Waals surface area (Å²) < 4.78 is 75.8. The van der Waals surface area contributed by atoms with E-state index < -0.39 is 55.8 Å². The van der Waals surface area contributed by atoms with E-state index in [0.717, 1.165) is 50.3 Å². The van der Waals surface area contributed by atoms with E-state index in [-0.39, 0.29) is 48.7 Å². The quantitative estimate of drug-likeness (QED) is 0.469. The summed E-state index contributed by atoms with van der Waals surface area (Å²) in [6.07, 6.45) is 4.69. The number of halogens is 1. The first kappa shape index (κ1) is 27.0. The van der Waals surface area contributed by atoms with Crippen LogP contribution in [0.1, 0.15) is 48.9 Å². The van der Waals surface area contributed by atoms with Crippen LogP contribution in [-0.2, 0) is 34.1 Å². The third kappa shape index (κ3) is 6.06. The second kappa shape index (κ2) is 11.1. The Morgan fingerprint density at radius 3 is 2.42 bits per heavy atom. The van der Waals surface area contributed by atoms with Crippen LogP contribution in [0.5, 0.6) is 0 Å². The Labute approximate surface area is 210 Å². The number of morpholine rings is 1. The summed E-state index contributed by atoms with van der Waals surface area (Å²) in [7, 11) is -7.21. The average molecular weight is 547 g/mol. The van der Waals surface area contributed by atoms with Crippen molar-refractivity contribution in [3.05, 3.63) is 29.6 Å². The van der Waals surface area contributed by atoms with Gasteiger partial charge in [-0.2, -0.15) is 4.31 Å². The maximum atomic E-state index is 14.5. The molecule has 1 aromatic rings. The summed E-state index contributed by atoms with van der Waals surface area (Å²) >= 11 is 0. The normalized spacial score (nSPS) is 23.3. The minimum atomic E-state index is -3.97. The summed E-state index contributed by atoms with van der Waals surface area (Å²) in [4.78, 5) is 27.1. The van der Waals surface area contributed by atoms with E-state index in [0.29, 0.717) is 6.42 Å². The molecule has 1 atom stereocenters. The molecule has 0 aromatic heterocycles. The number of ether oxygens (including phenoxy) is 2. The third-order valence-corrected chi connectivity index (χ3v) is 10.6. The number of sulfone groups is 1. The van der Waals surface area contributed by atoms with E-state index in [1.165, 1.54) is 4.31 Å². The van der Waals surface area contributed by atoms with Crippen LogP contribution >= 0.6 is 0 Å². The predicted molar refractivity (Wildman–Crippen MR) is 127 cm³/mol. The van der Waals surface area contributed by atoms with Gasteiger partial charge in [-0.05, 0) is 37.5 Å². The molecule has 1 amide bonds. The highest BCUT2D eigenvalue weighted by Gasteiger charge is 2.39. The maximum Gasteiger partial charge on any atom is 0.341 e. The number of benzene rings is 1. The van der Waals surface area contributed by atoms with Crippen LogP contribution < -0.4 is 0 Å². The minimum Gasteiger partial charge on any atom is -0.452 e. The maximum absolute atomic E-state index is 14.5. The van der Waals surface area contributed by atoms with Crippen molar-refractivity contribution in [2.24, 2.45) is 0 Å². The lowest BCUT2D eigenvalue weighted by molar-refractivity contribution is -0.140. The van der Waals surface area contributed by atoms with E-state index in [2.05, 4.69) is 0 Å². The molecule has 3 fully saturated rings. The molecule has 2 heterocycles. The molecule has 3 aliphatic rings. The van der Waals surface area contributed by atoms with Gasteiger partial charge in [0, 0.05) is 25.2 Å². The Kier molecular flexibility index (Phi) is 8.32. The smallest absolute Gasteiger partial charge is 0.341 e. The first-order valence-electron chi connectivity index (χ1n) is 12.1. The highest BCUT2D eigenvalue weighted by molar-refractivity contribution is 7.91. The number of carbonyl (C=O) groups excluding carboxylic acids is 2. The van der Waals surface area contributed by atoms with Gasteiger partial charge >= 0.3 is 5.97 Å². The van der Waals surface area contributed by atoms with Crippen molar-refractivity contribution in [3.63, 3.8) is 0 Å². The Morgan fingerprint density at radius 2 is 1.78 bits per heavy atom. The van der Waals surface area contributed by atoms with Gasteiger partial charge < -0.3 is 14.4 Å². The SMILES string of the molecule is O=C(OCC(=O)N(C1CCCCC1)[C@H]1CCS(=O)(=O)C1)c1cc(S(=O)(=O)N2CCOCC2)ccc1F. The Hall–Kier alpha value is -2.09. The summed E-state index contributed by atoms with van der Waals surface area (Å²) in [6, 6.07) is 2.25. The van der Waals surface area contributed by atoms with Gasteiger partial charge in [0.1, 0.15) is 5.82 Å². The molecule has 200 valence electrons. The highest BCUT2D eigenvalue weighted by Crippen LogP contribution is 2.29. The second-order valence-electron chi connectivity index (χ2n) is 9.38. The van der Waals surface area contributed by atoms with Crippen molar-refractivity contribution in [1.29, 1.82) is 0 Å². The lowest BCUT2D eigenvalue weighted by Crippen LogP contribution is -2.50. The van der Waals surface area contributed by atoms with Crippen molar-refractivity contribution >= 4 is 31.7 Å². The first-order chi connectivity index (χ1) is 17.1. The van der Waals surface area contributed by atoms with E-state index in [9.17, 15) is 30.8 Å². The largest absolute Gasteiger partial charge is 0.452 e. The standard InChI is InChI=1S/C23H31FN2O8S2/c24-21-7-6-19(36(31,32)25-9-11-33-12-10-25)14-20(21)23(28)34-15-22(27)26(17-4-2-1-3-5-17)18-8-13-35(29,30)16-18/h6-7,14,17-18H,1-5,8-13,15-16H2/t18-/m0/s1. The van der Waals surface area contributed by atoms with Gasteiger partial charge in [0.25, 0.3) is 5.91 Å². The van der Waals surface area contributed by atoms with Crippen LogP contribution in [0.25, 0.3) is 0 Å². The zero-order valence-corrected chi connectivity index (χ0v) is 21.6. The third-order valence-electron chi connectivity index (χ3n) is 6.95. The molecule has 0 spiro atoms. The molecule has 1 aromatic carbocycles. The molecular formula is C23H31FN2O8S2. The molecule has 1 aliphatic carbocycles. The molecule has 0 unspecified atom stereocenters. The van der Waals surface area contributed by atoms with Gasteiger partial charge in [-0.1, -0.05) is 19.3 Å². The molecule has 13 heteroatoms. The molecule has 2 aliphatic heterocycles. The molecule has 0 N–H and O–H groups in total. The van der Waals surface area contributed by atoms with E-state index in [4.69, 9.17) is 9.47 Å². The summed E-state index contributed by atoms with van der Waals surface area (Å²) in [5.41, 5.74) is -0.593. The topological polar surface area (TPSA) is 127 Å². The zero-order chi connectivity index (χ0) is 25.9. The van der Waals surface area contributed by atoms with Crippen molar-refractivity contribution in [3.8, 4) is 0 Å². The van der Waals surface area contributed by atoms with Crippen LogP contribution in [0.4, 0.5) is 4.39 Å². The lowest BCUT2D eigenvalue weighted by atomic mass is 9.93. The average Bonchev–Trinajstić information content (AvgIpc) is 3.23. The Balaban J connectivity index is 1.47. The molecule has 1 saturated carbocycles. The fraction of sp³-hybridized carbons (Fsp3) is 0.652. The number of carbonyl (C=O) groups is 2. The Bertz CT molecular complexity index is 1190. The minimum absolute atomic E-state index is 0.00355. The number of hydrogen-bond donors (Lipinski definition) is 0. The van der Waals surface area contributed by atoms with Crippen LogP contribution in [0.3, 0.4) is 0 Å². The number of sulfonamides is 1. The fourth-order valence-electron chi connectivity index (χ4n) is 5.10. The van der Waals surface area contributed by atoms with Crippen LogP contribution in [0, 0.1) is 5.82 Å². The molecule has 2 saturated heterocycles. The number of rotatable bonds is 7. The summed E-state index contributed by atoms with van der Waals surface area (Å²) in [6.45, 7) is 0.0595. The highest BCUT2D eigenvalue weighted by atomic mass is 32.2. The zero-order valence-electron chi connectivity index (χ0n) is 19.9. The molecule has 10 nitrogen and oxygen atoms in total. The molecule has 0 bridgehead atoms. The molecule has 0 radical (unpaired) electrons. The molecular weight excluding hydrogens is 515 g/mol. The Morgan fingerprint density at radius 1 is 1.08 bits per heavy atom. The summed E-state index contributed by atoms with van der Waals surface area (Å²) in [5.74, 6) is -2.79.